The first kappa shape index (κ1) is 33.8. The largest absolute Gasteiger partial charge is 0.504 e. The van der Waals surface area contributed by atoms with Crippen molar-refractivity contribution in [3.05, 3.63) is 23.8 Å². The number of ether oxygens (including phenoxy) is 4. The summed E-state index contributed by atoms with van der Waals surface area (Å²) in [6.07, 6.45) is -13.4. The molecule has 8 N–H and O–H groups in total. The second-order valence-electron chi connectivity index (χ2n) is 9.88. The van der Waals surface area contributed by atoms with Gasteiger partial charge in [-0.2, -0.15) is 8.42 Å². The Bertz CT molecular complexity index is 1200. The smallest absolute Gasteiger partial charge is 0.397 e. The van der Waals surface area contributed by atoms with Crippen LogP contribution < -0.4 is 10.6 Å². The van der Waals surface area contributed by atoms with E-state index in [9.17, 15) is 43.5 Å². The molecule has 1 aromatic carbocycles. The number of hydrogen-bond acceptors (Lipinski definition) is 14. The van der Waals surface area contributed by atoms with Gasteiger partial charge in [-0.3, -0.25) is 14.1 Å². The molecule has 2 aliphatic heterocycles. The van der Waals surface area contributed by atoms with Gasteiger partial charge < -0.3 is 55.1 Å². The topological polar surface area (TPSA) is 260 Å². The van der Waals surface area contributed by atoms with Crippen LogP contribution in [0, 0.1) is 0 Å². The van der Waals surface area contributed by atoms with E-state index in [0.717, 1.165) is 0 Å². The summed E-state index contributed by atoms with van der Waals surface area (Å²) < 4.78 is 57.6. The van der Waals surface area contributed by atoms with E-state index in [1.54, 1.807) is 6.07 Å². The molecule has 2 heterocycles. The molecule has 0 radical (unpaired) electrons. The number of amides is 2. The van der Waals surface area contributed by atoms with Crippen molar-refractivity contribution in [2.75, 3.05) is 20.3 Å². The summed E-state index contributed by atoms with van der Waals surface area (Å²) in [5, 5.41) is 56.6. The highest BCUT2D eigenvalue weighted by molar-refractivity contribution is 7.80. The SMILES string of the molecule is COC1C(C(=O)NCCc2ccc(O)c(O)c2)OC(OC2C(O)C(COS(=O)(=O)O)OC(C)C2NC(C)=O)C(O)C1O. The van der Waals surface area contributed by atoms with Crippen molar-refractivity contribution >= 4 is 22.2 Å². The molecule has 42 heavy (non-hydrogen) atoms. The average Bonchev–Trinajstić information content (AvgIpc) is 2.90. The molecule has 238 valence electrons. The van der Waals surface area contributed by atoms with Gasteiger partial charge in [-0.15, -0.1) is 0 Å². The van der Waals surface area contributed by atoms with Crippen LogP contribution >= 0.6 is 0 Å². The lowest BCUT2D eigenvalue weighted by atomic mass is 9.92. The Hall–Kier alpha value is -2.65. The predicted octanol–water partition coefficient (Wildman–Crippen LogP) is -2.92. The van der Waals surface area contributed by atoms with Crippen LogP contribution in [0.5, 0.6) is 11.5 Å². The Kier molecular flexibility index (Phi) is 11.5. The lowest BCUT2D eigenvalue weighted by Crippen LogP contribution is -2.68. The van der Waals surface area contributed by atoms with E-state index < -0.39 is 90.0 Å². The summed E-state index contributed by atoms with van der Waals surface area (Å²) in [5.74, 6) is -1.95. The molecule has 2 amide bonds. The minimum absolute atomic E-state index is 0.0414. The third-order valence-electron chi connectivity index (χ3n) is 6.84. The maximum Gasteiger partial charge on any atom is 0.397 e. The fourth-order valence-electron chi connectivity index (χ4n) is 4.76. The van der Waals surface area contributed by atoms with Crippen LogP contribution in [0.2, 0.25) is 0 Å². The maximum absolute atomic E-state index is 13.0. The number of aliphatic hydroxyl groups excluding tert-OH is 3. The maximum atomic E-state index is 13.0. The Morgan fingerprint density at radius 2 is 1.71 bits per heavy atom. The van der Waals surface area contributed by atoms with Gasteiger partial charge in [0.15, 0.2) is 23.9 Å². The number of phenols is 2. The zero-order valence-electron chi connectivity index (χ0n) is 22.9. The monoisotopic (exact) mass is 624 g/mol. The molecule has 0 aromatic heterocycles. The first-order valence-electron chi connectivity index (χ1n) is 12.8. The average molecular weight is 625 g/mol. The molecular weight excluding hydrogens is 588 g/mol. The number of hydrogen-bond donors (Lipinski definition) is 8. The lowest BCUT2D eigenvalue weighted by molar-refractivity contribution is -0.325. The Labute approximate surface area is 241 Å². The molecule has 10 unspecified atom stereocenters. The Morgan fingerprint density at radius 3 is 2.31 bits per heavy atom. The van der Waals surface area contributed by atoms with E-state index in [2.05, 4.69) is 14.8 Å². The number of carbonyl (C=O) groups excluding carboxylic acids is 2. The van der Waals surface area contributed by atoms with Crippen LogP contribution in [-0.4, -0.2) is 132 Å². The highest BCUT2D eigenvalue weighted by atomic mass is 32.3. The second kappa shape index (κ2) is 14.2. The number of aliphatic hydroxyl groups is 3. The van der Waals surface area contributed by atoms with Crippen LogP contribution in [0.3, 0.4) is 0 Å². The quantitative estimate of drug-likeness (QED) is 0.0906. The zero-order valence-corrected chi connectivity index (χ0v) is 23.7. The summed E-state index contributed by atoms with van der Waals surface area (Å²) >= 11 is 0. The summed E-state index contributed by atoms with van der Waals surface area (Å²) in [6, 6.07) is 3.07. The van der Waals surface area contributed by atoms with E-state index in [1.807, 2.05) is 0 Å². The summed E-state index contributed by atoms with van der Waals surface area (Å²) in [4.78, 5) is 24.9. The molecule has 18 heteroatoms. The van der Waals surface area contributed by atoms with Gasteiger partial charge in [0, 0.05) is 20.6 Å². The number of benzene rings is 1. The lowest BCUT2D eigenvalue weighted by Gasteiger charge is -2.47. The molecule has 10 atom stereocenters. The molecule has 17 nitrogen and oxygen atoms in total. The first-order valence-corrected chi connectivity index (χ1v) is 14.2. The van der Waals surface area contributed by atoms with Crippen LogP contribution in [0.15, 0.2) is 18.2 Å². The van der Waals surface area contributed by atoms with E-state index in [4.69, 9.17) is 23.5 Å². The van der Waals surface area contributed by atoms with Gasteiger partial charge in [-0.1, -0.05) is 6.07 Å². The van der Waals surface area contributed by atoms with Crippen LogP contribution in [0.4, 0.5) is 0 Å². The highest BCUT2D eigenvalue weighted by Gasteiger charge is 2.52. The molecule has 0 aliphatic carbocycles. The summed E-state index contributed by atoms with van der Waals surface area (Å²) in [5.41, 5.74) is 0.592. The van der Waals surface area contributed by atoms with E-state index in [0.29, 0.717) is 5.56 Å². The molecule has 2 saturated heterocycles. The fraction of sp³-hybridized carbons (Fsp3) is 0.667. The minimum Gasteiger partial charge on any atom is -0.504 e. The van der Waals surface area contributed by atoms with Crippen LogP contribution in [-0.2, 0) is 49.5 Å². The third-order valence-corrected chi connectivity index (χ3v) is 7.27. The normalized spacial score (nSPS) is 33.6. The number of rotatable bonds is 11. The molecule has 1 aromatic rings. The van der Waals surface area contributed by atoms with E-state index in [1.165, 1.54) is 33.1 Å². The first-order chi connectivity index (χ1) is 19.6. The Morgan fingerprint density at radius 1 is 1.02 bits per heavy atom. The van der Waals surface area contributed by atoms with E-state index in [-0.39, 0.29) is 24.5 Å². The van der Waals surface area contributed by atoms with Gasteiger partial charge >= 0.3 is 10.4 Å². The third kappa shape index (κ3) is 8.47. The van der Waals surface area contributed by atoms with Crippen molar-refractivity contribution in [1.29, 1.82) is 0 Å². The second-order valence-corrected chi connectivity index (χ2v) is 11.0. The van der Waals surface area contributed by atoms with Gasteiger partial charge in [0.1, 0.15) is 36.6 Å². The summed E-state index contributed by atoms with van der Waals surface area (Å²) in [7, 11) is -3.71. The number of aromatic hydroxyl groups is 2. The van der Waals surface area contributed by atoms with Gasteiger partial charge in [0.05, 0.1) is 18.8 Å². The van der Waals surface area contributed by atoms with Gasteiger partial charge in [0.25, 0.3) is 5.91 Å². The van der Waals surface area contributed by atoms with E-state index >= 15 is 0 Å². The highest BCUT2D eigenvalue weighted by Crippen LogP contribution is 2.30. The van der Waals surface area contributed by atoms with Crippen LogP contribution in [0.1, 0.15) is 19.4 Å². The fourth-order valence-corrected chi connectivity index (χ4v) is 5.06. The molecule has 0 saturated carbocycles. The van der Waals surface area contributed by atoms with Crippen molar-refractivity contribution in [3.63, 3.8) is 0 Å². The van der Waals surface area contributed by atoms with Crippen molar-refractivity contribution in [3.8, 4) is 11.5 Å². The molecule has 2 aliphatic rings. The van der Waals surface area contributed by atoms with Gasteiger partial charge in [-0.05, 0) is 31.0 Å². The zero-order chi connectivity index (χ0) is 31.4. The van der Waals surface area contributed by atoms with Gasteiger partial charge in [0.2, 0.25) is 5.91 Å². The van der Waals surface area contributed by atoms with Crippen LogP contribution in [0.25, 0.3) is 0 Å². The Balaban J connectivity index is 1.76. The van der Waals surface area contributed by atoms with Crippen molar-refractivity contribution in [2.45, 2.75) is 81.4 Å². The molecule has 2 fully saturated rings. The summed E-state index contributed by atoms with van der Waals surface area (Å²) in [6.45, 7) is 1.87. The number of carbonyl (C=O) groups is 2. The minimum atomic E-state index is -4.89. The number of nitrogens with one attached hydrogen (secondary N) is 2. The molecule has 3 rings (SSSR count). The molecule has 0 spiro atoms. The molecule has 0 bridgehead atoms. The van der Waals surface area contributed by atoms with Gasteiger partial charge in [-0.25, -0.2) is 4.18 Å². The molecular formula is C24H36N2O15S. The number of methoxy groups -OCH3 is 1. The number of phenolic OH excluding ortho intramolecular Hbond substituents is 2. The standard InChI is InChI=1S/C24H36N2O15S/c1-10-16(26-11(2)27)20(17(30)15(39-10)9-38-42(34,35)36)40-24-19(32)18(31)21(37-3)22(41-24)23(33)25-7-6-12-4-5-13(28)14(29)8-12/h4-5,8,10,15-22,24,28-32H,6-7,9H2,1-3H3,(H,25,33)(H,26,27)(H,34,35,36). The van der Waals surface area contributed by atoms with Crippen molar-refractivity contribution < 1.29 is 71.2 Å². The predicted molar refractivity (Wildman–Crippen MR) is 138 cm³/mol. The van der Waals surface area contributed by atoms with Crippen molar-refractivity contribution in [2.24, 2.45) is 0 Å². The van der Waals surface area contributed by atoms with Crippen molar-refractivity contribution in [1.82, 2.24) is 10.6 Å².